The number of nitrogens with two attached hydrogens (primary N) is 1. The number of benzene rings is 1. The number of anilines is 1. The van der Waals surface area contributed by atoms with Gasteiger partial charge in [0, 0.05) is 0 Å². The topological polar surface area (TPSA) is 107 Å². The molecule has 1 unspecified atom stereocenters. The summed E-state index contributed by atoms with van der Waals surface area (Å²) in [6.45, 7) is 1.81. The highest BCUT2D eigenvalue weighted by atomic mass is 32.1. The van der Waals surface area contributed by atoms with Gasteiger partial charge >= 0.3 is 0 Å². The van der Waals surface area contributed by atoms with Crippen molar-refractivity contribution in [2.24, 2.45) is 0 Å². The first-order valence-electron chi connectivity index (χ1n) is 6.25. The Kier molecular flexibility index (Phi) is 3.44. The maximum atomic E-state index is 12.2. The summed E-state index contributed by atoms with van der Waals surface area (Å²) < 4.78 is 0. The third-order valence-corrected chi connectivity index (χ3v) is 3.79. The highest BCUT2D eigenvalue weighted by Gasteiger charge is 2.16. The molecule has 0 aliphatic rings. The lowest BCUT2D eigenvalue weighted by atomic mass is 10.3. The van der Waals surface area contributed by atoms with E-state index < -0.39 is 0 Å². The summed E-state index contributed by atoms with van der Waals surface area (Å²) in [5, 5.41) is 11.5. The van der Waals surface area contributed by atoms with Gasteiger partial charge in [-0.25, -0.2) is 4.98 Å². The standard InChI is InChI=1S/C13H12N6OS/c1-7(12-18-19-13(14)21-12)16-11(20)10-6-15-8-4-2-3-5-9(8)17-10/h2-7H,1H3,(H2,14,19)(H,16,20). The zero-order valence-electron chi connectivity index (χ0n) is 11.1. The van der Waals surface area contributed by atoms with Crippen LogP contribution in [0.1, 0.15) is 28.5 Å². The van der Waals surface area contributed by atoms with Crippen LogP contribution in [-0.4, -0.2) is 26.1 Å². The smallest absolute Gasteiger partial charge is 0.272 e. The number of fused-ring (bicyclic) bond motifs is 1. The number of para-hydroxylation sites is 2. The minimum absolute atomic E-state index is 0.262. The molecule has 3 N–H and O–H groups in total. The van der Waals surface area contributed by atoms with Crippen molar-refractivity contribution in [2.75, 3.05) is 5.73 Å². The van der Waals surface area contributed by atoms with E-state index in [1.54, 1.807) is 0 Å². The van der Waals surface area contributed by atoms with Crippen molar-refractivity contribution in [2.45, 2.75) is 13.0 Å². The summed E-state index contributed by atoms with van der Waals surface area (Å²) in [5.41, 5.74) is 7.22. The fraction of sp³-hybridized carbons (Fsp3) is 0.154. The molecule has 106 valence electrons. The van der Waals surface area contributed by atoms with Gasteiger partial charge < -0.3 is 11.1 Å². The maximum Gasteiger partial charge on any atom is 0.272 e. The molecule has 7 nitrogen and oxygen atoms in total. The van der Waals surface area contributed by atoms with Crippen LogP contribution in [0.5, 0.6) is 0 Å². The molecule has 0 spiro atoms. The maximum absolute atomic E-state index is 12.2. The number of nitrogen functional groups attached to an aromatic ring is 1. The second-order valence-corrected chi connectivity index (χ2v) is 5.46. The minimum atomic E-state index is -0.311. The van der Waals surface area contributed by atoms with Gasteiger partial charge in [0.2, 0.25) is 5.13 Å². The molecule has 0 fully saturated rings. The number of amides is 1. The molecule has 0 saturated heterocycles. The van der Waals surface area contributed by atoms with Gasteiger partial charge in [0.25, 0.3) is 5.91 Å². The number of carbonyl (C=O) groups is 1. The molecule has 2 aromatic heterocycles. The zero-order chi connectivity index (χ0) is 14.8. The van der Waals surface area contributed by atoms with Crippen LogP contribution in [0.2, 0.25) is 0 Å². The quantitative estimate of drug-likeness (QED) is 0.760. The molecule has 21 heavy (non-hydrogen) atoms. The van der Waals surface area contributed by atoms with Gasteiger partial charge in [-0.3, -0.25) is 9.78 Å². The van der Waals surface area contributed by atoms with Crippen LogP contribution in [0.15, 0.2) is 30.5 Å². The van der Waals surface area contributed by atoms with Crippen LogP contribution >= 0.6 is 11.3 Å². The molecule has 1 amide bonds. The summed E-state index contributed by atoms with van der Waals surface area (Å²) in [6, 6.07) is 7.09. The average Bonchev–Trinajstić information content (AvgIpc) is 2.93. The summed E-state index contributed by atoms with van der Waals surface area (Å²) in [4.78, 5) is 20.7. The van der Waals surface area contributed by atoms with Crippen molar-refractivity contribution in [3.8, 4) is 0 Å². The van der Waals surface area contributed by atoms with Gasteiger partial charge in [0.05, 0.1) is 23.3 Å². The Morgan fingerprint density at radius 1 is 1.29 bits per heavy atom. The molecule has 1 aromatic carbocycles. The fourth-order valence-corrected chi connectivity index (χ4v) is 2.43. The SMILES string of the molecule is CC(NC(=O)c1cnc2ccccc2n1)c1nnc(N)s1. The van der Waals surface area contributed by atoms with Crippen molar-refractivity contribution in [3.63, 3.8) is 0 Å². The van der Waals surface area contributed by atoms with Crippen LogP contribution < -0.4 is 11.1 Å². The van der Waals surface area contributed by atoms with E-state index in [2.05, 4.69) is 25.5 Å². The Morgan fingerprint density at radius 2 is 2.05 bits per heavy atom. The second-order valence-electron chi connectivity index (χ2n) is 4.42. The van der Waals surface area contributed by atoms with E-state index in [0.717, 1.165) is 5.52 Å². The highest BCUT2D eigenvalue weighted by Crippen LogP contribution is 2.19. The van der Waals surface area contributed by atoms with Crippen LogP contribution in [0.3, 0.4) is 0 Å². The van der Waals surface area contributed by atoms with Crippen LogP contribution in [-0.2, 0) is 0 Å². The normalized spacial score (nSPS) is 12.2. The van der Waals surface area contributed by atoms with E-state index in [1.807, 2.05) is 31.2 Å². The Morgan fingerprint density at radius 3 is 2.76 bits per heavy atom. The van der Waals surface area contributed by atoms with E-state index in [4.69, 9.17) is 5.73 Å². The third-order valence-electron chi connectivity index (χ3n) is 2.86. The van der Waals surface area contributed by atoms with Gasteiger partial charge in [-0.2, -0.15) is 0 Å². The number of carbonyl (C=O) groups excluding carboxylic acids is 1. The lowest BCUT2D eigenvalue weighted by Crippen LogP contribution is -2.27. The molecule has 1 atom stereocenters. The van der Waals surface area contributed by atoms with Gasteiger partial charge in [0.15, 0.2) is 0 Å². The van der Waals surface area contributed by atoms with E-state index in [1.165, 1.54) is 17.5 Å². The molecule has 0 aliphatic carbocycles. The zero-order valence-corrected chi connectivity index (χ0v) is 12.0. The molecule has 0 aliphatic heterocycles. The molecule has 0 saturated carbocycles. The van der Waals surface area contributed by atoms with Crippen molar-refractivity contribution >= 4 is 33.4 Å². The van der Waals surface area contributed by atoms with Gasteiger partial charge in [0.1, 0.15) is 10.7 Å². The van der Waals surface area contributed by atoms with Crippen LogP contribution in [0, 0.1) is 0 Å². The highest BCUT2D eigenvalue weighted by molar-refractivity contribution is 7.15. The first kappa shape index (κ1) is 13.4. The predicted molar refractivity (Wildman–Crippen MR) is 79.7 cm³/mol. The lowest BCUT2D eigenvalue weighted by molar-refractivity contribution is 0.0934. The Bertz CT molecular complexity index is 802. The van der Waals surface area contributed by atoms with Gasteiger partial charge in [-0.1, -0.05) is 23.5 Å². The number of aromatic nitrogens is 4. The Labute approximate surface area is 124 Å². The van der Waals surface area contributed by atoms with Gasteiger partial charge in [-0.05, 0) is 19.1 Å². The minimum Gasteiger partial charge on any atom is -0.374 e. The molecule has 8 heteroatoms. The van der Waals surface area contributed by atoms with E-state index in [-0.39, 0.29) is 17.6 Å². The Balaban J connectivity index is 1.80. The molecular weight excluding hydrogens is 288 g/mol. The molecule has 0 bridgehead atoms. The summed E-state index contributed by atoms with van der Waals surface area (Å²) >= 11 is 1.24. The van der Waals surface area contributed by atoms with Crippen molar-refractivity contribution in [3.05, 3.63) is 41.2 Å². The Hall–Kier alpha value is -2.61. The summed E-state index contributed by atoms with van der Waals surface area (Å²) in [7, 11) is 0. The predicted octanol–water partition coefficient (Wildman–Crippen LogP) is 1.55. The van der Waals surface area contributed by atoms with Crippen molar-refractivity contribution in [1.82, 2.24) is 25.5 Å². The number of hydrogen-bond donors (Lipinski definition) is 2. The van der Waals surface area contributed by atoms with Gasteiger partial charge in [-0.15, -0.1) is 10.2 Å². The first-order valence-corrected chi connectivity index (χ1v) is 7.06. The molecule has 0 radical (unpaired) electrons. The average molecular weight is 300 g/mol. The third kappa shape index (κ3) is 2.79. The molecule has 2 heterocycles. The van der Waals surface area contributed by atoms with Crippen LogP contribution in [0.25, 0.3) is 11.0 Å². The number of nitrogens with zero attached hydrogens (tertiary/aromatic N) is 4. The molecular formula is C13H12N6OS. The monoisotopic (exact) mass is 300 g/mol. The fourth-order valence-electron chi connectivity index (χ4n) is 1.82. The lowest BCUT2D eigenvalue weighted by Gasteiger charge is -2.10. The number of rotatable bonds is 3. The number of nitrogens with one attached hydrogen (secondary N) is 1. The molecule has 3 aromatic rings. The van der Waals surface area contributed by atoms with E-state index in [0.29, 0.717) is 15.7 Å². The van der Waals surface area contributed by atoms with Crippen molar-refractivity contribution < 1.29 is 4.79 Å². The van der Waals surface area contributed by atoms with Crippen molar-refractivity contribution in [1.29, 1.82) is 0 Å². The first-order chi connectivity index (χ1) is 10.1. The van der Waals surface area contributed by atoms with Crippen LogP contribution in [0.4, 0.5) is 5.13 Å². The molecule has 3 rings (SSSR count). The summed E-state index contributed by atoms with van der Waals surface area (Å²) in [5.74, 6) is -0.311. The summed E-state index contributed by atoms with van der Waals surface area (Å²) in [6.07, 6.45) is 1.46. The van der Waals surface area contributed by atoms with E-state index >= 15 is 0 Å². The van der Waals surface area contributed by atoms with E-state index in [9.17, 15) is 4.79 Å². The largest absolute Gasteiger partial charge is 0.374 e. The number of hydrogen-bond acceptors (Lipinski definition) is 7. The second kappa shape index (κ2) is 5.41.